The highest BCUT2D eigenvalue weighted by atomic mass is 32.1. The van der Waals surface area contributed by atoms with Gasteiger partial charge in [-0.15, -0.1) is 11.3 Å². The summed E-state index contributed by atoms with van der Waals surface area (Å²) in [7, 11) is 0. The second kappa shape index (κ2) is 5.48. The summed E-state index contributed by atoms with van der Waals surface area (Å²) < 4.78 is 0. The highest BCUT2D eigenvalue weighted by molar-refractivity contribution is 7.11. The monoisotopic (exact) mass is 280 g/mol. The number of nitrogens with zero attached hydrogens (tertiary/aromatic N) is 2. The van der Waals surface area contributed by atoms with E-state index in [1.807, 2.05) is 20.8 Å². The van der Waals surface area contributed by atoms with Gasteiger partial charge in [0.1, 0.15) is 5.71 Å². The SMILES string of the molecule is Cc1nc([C@H](C)NC(=O)C2=NNC(=O)CC2)c(C)s1. The number of amides is 2. The fourth-order valence-corrected chi connectivity index (χ4v) is 2.85. The van der Waals surface area contributed by atoms with E-state index in [2.05, 4.69) is 20.8 Å². The Kier molecular flexibility index (Phi) is 3.94. The van der Waals surface area contributed by atoms with E-state index >= 15 is 0 Å². The van der Waals surface area contributed by atoms with Crippen LogP contribution in [0.15, 0.2) is 5.10 Å². The lowest BCUT2D eigenvalue weighted by Crippen LogP contribution is -2.38. The number of hydrogen-bond donors (Lipinski definition) is 2. The summed E-state index contributed by atoms with van der Waals surface area (Å²) in [5.74, 6) is -0.409. The van der Waals surface area contributed by atoms with Gasteiger partial charge in [0, 0.05) is 17.7 Å². The van der Waals surface area contributed by atoms with Gasteiger partial charge in [0.05, 0.1) is 16.7 Å². The van der Waals surface area contributed by atoms with Gasteiger partial charge in [0.25, 0.3) is 5.91 Å². The van der Waals surface area contributed by atoms with Crippen LogP contribution in [0.1, 0.15) is 41.4 Å². The van der Waals surface area contributed by atoms with Crippen LogP contribution >= 0.6 is 11.3 Å². The van der Waals surface area contributed by atoms with E-state index in [-0.39, 0.29) is 17.9 Å². The van der Waals surface area contributed by atoms with Crippen molar-refractivity contribution in [3.63, 3.8) is 0 Å². The number of carbonyl (C=O) groups excluding carboxylic acids is 2. The second-order valence-electron chi connectivity index (χ2n) is 4.46. The Labute approximate surface area is 115 Å². The van der Waals surface area contributed by atoms with Gasteiger partial charge in [-0.25, -0.2) is 10.4 Å². The maximum absolute atomic E-state index is 12.0. The number of hydrogen-bond acceptors (Lipinski definition) is 5. The summed E-state index contributed by atoms with van der Waals surface area (Å²) in [5.41, 5.74) is 3.56. The number of rotatable bonds is 3. The molecule has 0 saturated heterocycles. The Morgan fingerprint density at radius 2 is 2.16 bits per heavy atom. The number of aryl methyl sites for hydroxylation is 2. The minimum absolute atomic E-state index is 0.157. The summed E-state index contributed by atoms with van der Waals surface area (Å²) in [6.07, 6.45) is 0.676. The minimum atomic E-state index is -0.252. The summed E-state index contributed by atoms with van der Waals surface area (Å²) in [4.78, 5) is 28.5. The Balaban J connectivity index is 2.03. The Morgan fingerprint density at radius 1 is 1.42 bits per heavy atom. The maximum Gasteiger partial charge on any atom is 0.268 e. The lowest BCUT2D eigenvalue weighted by Gasteiger charge is -2.15. The molecule has 2 N–H and O–H groups in total. The molecule has 0 aromatic carbocycles. The van der Waals surface area contributed by atoms with Crippen LogP contribution in [-0.4, -0.2) is 22.5 Å². The number of nitrogens with one attached hydrogen (secondary N) is 2. The number of aromatic nitrogens is 1. The largest absolute Gasteiger partial charge is 0.343 e. The van der Waals surface area contributed by atoms with Crippen molar-refractivity contribution in [1.82, 2.24) is 15.7 Å². The van der Waals surface area contributed by atoms with Crippen molar-refractivity contribution in [3.8, 4) is 0 Å². The molecule has 0 bridgehead atoms. The summed E-state index contributed by atoms with van der Waals surface area (Å²) in [6.45, 7) is 5.82. The predicted octanol–water partition coefficient (Wildman–Crippen LogP) is 1.20. The highest BCUT2D eigenvalue weighted by Gasteiger charge is 2.21. The molecule has 2 heterocycles. The predicted molar refractivity (Wildman–Crippen MR) is 73.0 cm³/mol. The van der Waals surface area contributed by atoms with E-state index in [1.165, 1.54) is 0 Å². The molecule has 1 aromatic heterocycles. The highest BCUT2D eigenvalue weighted by Crippen LogP contribution is 2.22. The van der Waals surface area contributed by atoms with E-state index in [9.17, 15) is 9.59 Å². The standard InChI is InChI=1S/C12H16N4O2S/c1-6(11-7(2)19-8(3)14-11)13-12(18)9-4-5-10(17)16-15-9/h6H,4-5H2,1-3H3,(H,13,18)(H,16,17)/t6-/m0/s1. The van der Waals surface area contributed by atoms with Crippen molar-refractivity contribution < 1.29 is 9.59 Å². The zero-order valence-corrected chi connectivity index (χ0v) is 11.9. The zero-order valence-electron chi connectivity index (χ0n) is 11.1. The molecule has 1 atom stereocenters. The first-order chi connectivity index (χ1) is 8.97. The van der Waals surface area contributed by atoms with Crippen LogP contribution in [-0.2, 0) is 9.59 Å². The van der Waals surface area contributed by atoms with Crippen LogP contribution in [0.2, 0.25) is 0 Å². The fourth-order valence-electron chi connectivity index (χ4n) is 1.93. The van der Waals surface area contributed by atoms with E-state index < -0.39 is 0 Å². The molecule has 6 nitrogen and oxygen atoms in total. The molecule has 102 valence electrons. The quantitative estimate of drug-likeness (QED) is 0.872. The topological polar surface area (TPSA) is 83.4 Å². The van der Waals surface area contributed by atoms with Crippen LogP contribution in [0.5, 0.6) is 0 Å². The van der Waals surface area contributed by atoms with Gasteiger partial charge < -0.3 is 5.32 Å². The fraction of sp³-hybridized carbons (Fsp3) is 0.500. The lowest BCUT2D eigenvalue weighted by molar-refractivity contribution is -0.121. The Hall–Kier alpha value is -1.76. The van der Waals surface area contributed by atoms with E-state index in [1.54, 1.807) is 11.3 Å². The van der Waals surface area contributed by atoms with Gasteiger partial charge in [-0.2, -0.15) is 5.10 Å². The number of carbonyl (C=O) groups is 2. The van der Waals surface area contributed by atoms with E-state index in [0.717, 1.165) is 15.6 Å². The van der Waals surface area contributed by atoms with Crippen LogP contribution in [0, 0.1) is 13.8 Å². The summed E-state index contributed by atoms with van der Waals surface area (Å²) in [5, 5.41) is 7.61. The molecule has 2 amide bonds. The molecule has 0 aliphatic carbocycles. The van der Waals surface area contributed by atoms with E-state index in [4.69, 9.17) is 0 Å². The Bertz CT molecular complexity index is 550. The Morgan fingerprint density at radius 3 is 2.68 bits per heavy atom. The molecule has 1 aliphatic rings. The van der Waals surface area contributed by atoms with Crippen molar-refractivity contribution >= 4 is 28.9 Å². The van der Waals surface area contributed by atoms with Crippen LogP contribution in [0.25, 0.3) is 0 Å². The third kappa shape index (κ3) is 3.17. The molecule has 0 fully saturated rings. The molecule has 0 radical (unpaired) electrons. The van der Waals surface area contributed by atoms with Gasteiger partial charge in [-0.3, -0.25) is 9.59 Å². The van der Waals surface area contributed by atoms with Crippen molar-refractivity contribution in [3.05, 3.63) is 15.6 Å². The van der Waals surface area contributed by atoms with Crippen LogP contribution in [0.4, 0.5) is 0 Å². The van der Waals surface area contributed by atoms with E-state index in [0.29, 0.717) is 18.6 Å². The molecule has 1 aliphatic heterocycles. The number of thiazole rings is 1. The molecular weight excluding hydrogens is 264 g/mol. The number of hydrazone groups is 1. The molecule has 7 heteroatoms. The van der Waals surface area contributed by atoms with Crippen molar-refractivity contribution in [2.45, 2.75) is 39.7 Å². The average Bonchev–Trinajstić information content (AvgIpc) is 2.69. The van der Waals surface area contributed by atoms with Gasteiger partial charge in [-0.1, -0.05) is 0 Å². The third-order valence-electron chi connectivity index (χ3n) is 2.86. The van der Waals surface area contributed by atoms with Crippen molar-refractivity contribution in [2.75, 3.05) is 0 Å². The smallest absolute Gasteiger partial charge is 0.268 e. The molecule has 0 spiro atoms. The van der Waals surface area contributed by atoms with Gasteiger partial charge in [0.2, 0.25) is 5.91 Å². The van der Waals surface area contributed by atoms with Gasteiger partial charge in [0.15, 0.2) is 0 Å². The van der Waals surface area contributed by atoms with Crippen LogP contribution < -0.4 is 10.7 Å². The first-order valence-electron chi connectivity index (χ1n) is 6.07. The maximum atomic E-state index is 12.0. The molecule has 2 rings (SSSR count). The molecular formula is C12H16N4O2S. The molecule has 0 unspecified atom stereocenters. The normalized spacial score (nSPS) is 16.6. The second-order valence-corrected chi connectivity index (χ2v) is 5.87. The lowest BCUT2D eigenvalue weighted by atomic mass is 10.1. The van der Waals surface area contributed by atoms with Gasteiger partial charge >= 0.3 is 0 Å². The van der Waals surface area contributed by atoms with Crippen LogP contribution in [0.3, 0.4) is 0 Å². The minimum Gasteiger partial charge on any atom is -0.343 e. The third-order valence-corrected chi connectivity index (χ3v) is 3.77. The molecule has 1 aromatic rings. The first-order valence-corrected chi connectivity index (χ1v) is 6.89. The van der Waals surface area contributed by atoms with Gasteiger partial charge in [-0.05, 0) is 20.8 Å². The van der Waals surface area contributed by atoms with Crippen molar-refractivity contribution in [1.29, 1.82) is 0 Å². The first kappa shape index (κ1) is 13.7. The van der Waals surface area contributed by atoms with Crippen molar-refractivity contribution in [2.24, 2.45) is 5.10 Å². The zero-order chi connectivity index (χ0) is 14.0. The summed E-state index contributed by atoms with van der Waals surface area (Å²) in [6, 6.07) is -0.169. The molecule has 0 saturated carbocycles. The molecule has 19 heavy (non-hydrogen) atoms. The average molecular weight is 280 g/mol. The summed E-state index contributed by atoms with van der Waals surface area (Å²) >= 11 is 1.61.